The van der Waals surface area contributed by atoms with Gasteiger partial charge in [-0.15, -0.1) is 0 Å². The molecule has 38 heavy (non-hydrogen) atoms. The van der Waals surface area contributed by atoms with Crippen molar-refractivity contribution in [2.24, 2.45) is 0 Å². The standard InChI is InChI=1S/C26H28ClN5O5S/c1-37-26(34)22-15-31(38(35,36)23-13-19-12-20(27)8-9-21(19)29-23)16-24(33)32(22)14-17-4-6-18(7-5-17)25(28)30-10-2-3-11-30/h4-9,12-13,22,28-29H,2-3,10-11,14-16H2,1H3/t22-/m1/s1. The normalized spacial score (nSPS) is 18.8. The summed E-state index contributed by atoms with van der Waals surface area (Å²) in [7, 11) is -2.91. The zero-order chi connectivity index (χ0) is 27.0. The predicted octanol–water partition coefficient (Wildman–Crippen LogP) is 2.82. The number of carbonyl (C=O) groups excluding carboxylic acids is 2. The molecule has 2 aromatic carbocycles. The largest absolute Gasteiger partial charge is 0.467 e. The number of hydrogen-bond donors (Lipinski definition) is 2. The summed E-state index contributed by atoms with van der Waals surface area (Å²) < 4.78 is 32.8. The quantitative estimate of drug-likeness (QED) is 0.273. The minimum Gasteiger partial charge on any atom is -0.467 e. The van der Waals surface area contributed by atoms with Crippen molar-refractivity contribution in [2.45, 2.75) is 30.5 Å². The number of carbonyl (C=O) groups is 2. The van der Waals surface area contributed by atoms with E-state index < -0.39 is 34.5 Å². The molecule has 0 aliphatic carbocycles. The Morgan fingerprint density at radius 1 is 1.13 bits per heavy atom. The number of amidine groups is 1. The monoisotopic (exact) mass is 557 g/mol. The Morgan fingerprint density at radius 2 is 1.84 bits per heavy atom. The maximum absolute atomic E-state index is 13.4. The van der Waals surface area contributed by atoms with Crippen molar-refractivity contribution in [3.8, 4) is 0 Å². The van der Waals surface area contributed by atoms with E-state index in [2.05, 4.69) is 4.98 Å². The van der Waals surface area contributed by atoms with E-state index in [-0.39, 0.29) is 18.1 Å². The molecule has 2 N–H and O–H groups in total. The molecule has 0 unspecified atom stereocenters. The average molecular weight is 558 g/mol. The number of methoxy groups -OCH3 is 1. The number of fused-ring (bicyclic) bond motifs is 1. The van der Waals surface area contributed by atoms with Gasteiger partial charge in [-0.3, -0.25) is 10.2 Å². The molecule has 0 spiro atoms. The van der Waals surface area contributed by atoms with Crippen molar-refractivity contribution in [1.29, 1.82) is 5.41 Å². The van der Waals surface area contributed by atoms with Crippen LogP contribution in [0.15, 0.2) is 53.6 Å². The van der Waals surface area contributed by atoms with E-state index in [0.717, 1.165) is 41.4 Å². The van der Waals surface area contributed by atoms with Gasteiger partial charge in [0.05, 0.1) is 13.7 Å². The lowest BCUT2D eigenvalue weighted by molar-refractivity contribution is -0.157. The van der Waals surface area contributed by atoms with E-state index in [1.807, 2.05) is 29.2 Å². The zero-order valence-electron chi connectivity index (χ0n) is 20.8. The van der Waals surface area contributed by atoms with Crippen LogP contribution in [0, 0.1) is 5.41 Å². The number of sulfonamides is 1. The number of aromatic amines is 1. The summed E-state index contributed by atoms with van der Waals surface area (Å²) in [6.45, 7) is 1.19. The first-order valence-electron chi connectivity index (χ1n) is 12.3. The van der Waals surface area contributed by atoms with Crippen LogP contribution in [-0.2, 0) is 30.9 Å². The molecular formula is C26H28ClN5O5S. The highest BCUT2D eigenvalue weighted by molar-refractivity contribution is 7.89. The number of amides is 1. The van der Waals surface area contributed by atoms with Crippen LogP contribution in [-0.4, -0.2) is 84.5 Å². The van der Waals surface area contributed by atoms with E-state index in [4.69, 9.17) is 21.7 Å². The van der Waals surface area contributed by atoms with Crippen molar-refractivity contribution in [3.05, 3.63) is 64.7 Å². The molecule has 3 aromatic rings. The Kier molecular flexibility index (Phi) is 7.17. The minimum atomic E-state index is -4.11. The van der Waals surface area contributed by atoms with Gasteiger partial charge in [0, 0.05) is 47.7 Å². The fourth-order valence-electron chi connectivity index (χ4n) is 4.93. The number of halogens is 1. The molecule has 3 heterocycles. The predicted molar refractivity (Wildman–Crippen MR) is 142 cm³/mol. The maximum Gasteiger partial charge on any atom is 0.329 e. The molecule has 1 aromatic heterocycles. The van der Waals surface area contributed by atoms with Crippen LogP contribution >= 0.6 is 11.6 Å². The minimum absolute atomic E-state index is 0.0873. The van der Waals surface area contributed by atoms with Crippen LogP contribution in [0.4, 0.5) is 0 Å². The molecule has 1 atom stereocenters. The molecule has 5 rings (SSSR count). The first-order chi connectivity index (χ1) is 18.2. The fraction of sp³-hybridized carbons (Fsp3) is 0.346. The highest BCUT2D eigenvalue weighted by atomic mass is 35.5. The van der Waals surface area contributed by atoms with E-state index in [9.17, 15) is 18.0 Å². The Balaban J connectivity index is 1.35. The lowest BCUT2D eigenvalue weighted by Crippen LogP contribution is -2.60. The van der Waals surface area contributed by atoms with Crippen molar-refractivity contribution in [2.75, 3.05) is 33.3 Å². The van der Waals surface area contributed by atoms with Crippen molar-refractivity contribution in [1.82, 2.24) is 19.1 Å². The van der Waals surface area contributed by atoms with Crippen LogP contribution in [0.3, 0.4) is 0 Å². The number of benzene rings is 2. The molecule has 0 radical (unpaired) electrons. The second-order valence-electron chi connectivity index (χ2n) is 9.46. The Labute approximate surface area is 225 Å². The van der Waals surface area contributed by atoms with Gasteiger partial charge in [0.25, 0.3) is 10.0 Å². The SMILES string of the molecule is COC(=O)[C@H]1CN(S(=O)(=O)c2cc3cc(Cl)ccc3[nH]2)CC(=O)N1Cc1ccc(C(=N)N2CCCC2)cc1. The number of ether oxygens (including phenoxy) is 1. The Morgan fingerprint density at radius 3 is 2.53 bits per heavy atom. The van der Waals surface area contributed by atoms with Crippen molar-refractivity contribution >= 4 is 50.2 Å². The topological polar surface area (TPSA) is 127 Å². The third-order valence-corrected chi connectivity index (χ3v) is 9.01. The number of aromatic nitrogens is 1. The van der Waals surface area contributed by atoms with E-state index >= 15 is 0 Å². The molecule has 10 nitrogen and oxygen atoms in total. The molecule has 2 fully saturated rings. The van der Waals surface area contributed by atoms with Gasteiger partial charge < -0.3 is 19.5 Å². The van der Waals surface area contributed by atoms with Gasteiger partial charge >= 0.3 is 5.97 Å². The van der Waals surface area contributed by atoms with E-state index in [1.54, 1.807) is 18.2 Å². The maximum atomic E-state index is 13.4. The third-order valence-electron chi connectivity index (χ3n) is 7.04. The lowest BCUT2D eigenvalue weighted by Gasteiger charge is -2.38. The van der Waals surface area contributed by atoms with E-state index in [1.165, 1.54) is 18.1 Å². The molecular weight excluding hydrogens is 530 g/mol. The van der Waals surface area contributed by atoms with Crippen LogP contribution in [0.25, 0.3) is 10.9 Å². The van der Waals surface area contributed by atoms with Crippen LogP contribution in [0.1, 0.15) is 24.0 Å². The first kappa shape index (κ1) is 26.2. The molecule has 2 saturated heterocycles. The summed E-state index contributed by atoms with van der Waals surface area (Å²) in [6.07, 6.45) is 2.15. The van der Waals surface area contributed by atoms with Gasteiger partial charge in [-0.2, -0.15) is 4.31 Å². The zero-order valence-corrected chi connectivity index (χ0v) is 22.4. The second-order valence-corrected chi connectivity index (χ2v) is 11.8. The first-order valence-corrected chi connectivity index (χ1v) is 14.1. The summed E-state index contributed by atoms with van der Waals surface area (Å²) in [5, 5.41) is 9.42. The van der Waals surface area contributed by atoms with E-state index in [0.29, 0.717) is 21.8 Å². The summed E-state index contributed by atoms with van der Waals surface area (Å²) in [5.41, 5.74) is 2.12. The van der Waals surface area contributed by atoms with Gasteiger partial charge in [0.1, 0.15) is 16.9 Å². The smallest absolute Gasteiger partial charge is 0.329 e. The molecule has 0 saturated carbocycles. The number of piperazine rings is 1. The Hall–Kier alpha value is -3.41. The summed E-state index contributed by atoms with van der Waals surface area (Å²) in [5.74, 6) is -0.743. The molecule has 200 valence electrons. The summed E-state index contributed by atoms with van der Waals surface area (Å²) >= 11 is 6.03. The van der Waals surface area contributed by atoms with Gasteiger partial charge in [0.2, 0.25) is 5.91 Å². The number of H-pyrrole nitrogens is 1. The number of likely N-dealkylation sites (tertiary alicyclic amines) is 1. The van der Waals surface area contributed by atoms with Crippen molar-refractivity contribution in [3.63, 3.8) is 0 Å². The third kappa shape index (κ3) is 5.01. The van der Waals surface area contributed by atoms with Gasteiger partial charge in [-0.05, 0) is 42.7 Å². The molecule has 0 bridgehead atoms. The summed E-state index contributed by atoms with van der Waals surface area (Å²) in [6, 6.07) is 12.6. The average Bonchev–Trinajstić information content (AvgIpc) is 3.59. The number of nitrogens with zero attached hydrogens (tertiary/aromatic N) is 3. The summed E-state index contributed by atoms with van der Waals surface area (Å²) in [4.78, 5) is 32.2. The van der Waals surface area contributed by atoms with Crippen LogP contribution in [0.2, 0.25) is 5.02 Å². The highest BCUT2D eigenvalue weighted by Gasteiger charge is 2.42. The fourth-order valence-corrected chi connectivity index (χ4v) is 6.53. The lowest BCUT2D eigenvalue weighted by atomic mass is 10.1. The number of esters is 1. The van der Waals surface area contributed by atoms with Crippen LogP contribution < -0.4 is 0 Å². The molecule has 12 heteroatoms. The molecule has 1 amide bonds. The van der Waals surface area contributed by atoms with Crippen molar-refractivity contribution < 1.29 is 22.7 Å². The molecule has 2 aliphatic rings. The van der Waals surface area contributed by atoms with Crippen LogP contribution in [0.5, 0.6) is 0 Å². The van der Waals surface area contributed by atoms with Gasteiger partial charge in [0.15, 0.2) is 0 Å². The highest BCUT2D eigenvalue weighted by Crippen LogP contribution is 2.27. The number of rotatable bonds is 6. The molecule has 2 aliphatic heterocycles. The van der Waals surface area contributed by atoms with Gasteiger partial charge in [-0.25, -0.2) is 13.2 Å². The number of hydrogen-bond acceptors (Lipinski definition) is 6. The Bertz CT molecular complexity index is 1500. The second kappa shape index (κ2) is 10.4. The number of nitrogens with one attached hydrogen (secondary N) is 2. The van der Waals surface area contributed by atoms with Gasteiger partial charge in [-0.1, -0.05) is 35.9 Å².